The van der Waals surface area contributed by atoms with Gasteiger partial charge in [-0.25, -0.2) is 0 Å². The van der Waals surface area contributed by atoms with Gasteiger partial charge in [-0.3, -0.25) is 4.90 Å². The van der Waals surface area contributed by atoms with E-state index < -0.39 is 0 Å². The molecule has 0 saturated carbocycles. The van der Waals surface area contributed by atoms with E-state index in [1.165, 1.54) is 32.4 Å². The summed E-state index contributed by atoms with van der Waals surface area (Å²) in [5.41, 5.74) is 0. The third-order valence-electron chi connectivity index (χ3n) is 4.11. The molecule has 1 aliphatic rings. The molecule has 1 aromatic rings. The Morgan fingerprint density at radius 2 is 2.00 bits per heavy atom. The third-order valence-corrected chi connectivity index (χ3v) is 4.11. The van der Waals surface area contributed by atoms with E-state index in [9.17, 15) is 0 Å². The van der Waals surface area contributed by atoms with Crippen molar-refractivity contribution in [3.8, 4) is 0 Å². The number of furan rings is 1. The maximum Gasteiger partial charge on any atom is 0.118 e. The van der Waals surface area contributed by atoms with Crippen molar-refractivity contribution in [2.75, 3.05) is 27.2 Å². The first-order valence-corrected chi connectivity index (χ1v) is 7.65. The van der Waals surface area contributed by atoms with Crippen molar-refractivity contribution >= 4 is 0 Å². The second-order valence-electron chi connectivity index (χ2n) is 5.94. The van der Waals surface area contributed by atoms with E-state index >= 15 is 0 Å². The quantitative estimate of drug-likeness (QED) is 0.814. The van der Waals surface area contributed by atoms with Gasteiger partial charge < -0.3 is 9.32 Å². The summed E-state index contributed by atoms with van der Waals surface area (Å²) >= 11 is 0. The Kier molecular flexibility index (Phi) is 5.46. The van der Waals surface area contributed by atoms with Crippen LogP contribution in [0.5, 0.6) is 0 Å². The van der Waals surface area contributed by atoms with Crippen molar-refractivity contribution in [3.63, 3.8) is 0 Å². The minimum atomic E-state index is 0.747. The Hall–Kier alpha value is -0.800. The molecule has 0 unspecified atom stereocenters. The first kappa shape index (κ1) is 14.6. The van der Waals surface area contributed by atoms with Gasteiger partial charge in [0.2, 0.25) is 0 Å². The molecule has 0 amide bonds. The smallest absolute Gasteiger partial charge is 0.118 e. The van der Waals surface area contributed by atoms with Crippen molar-refractivity contribution in [3.05, 3.63) is 23.7 Å². The summed E-state index contributed by atoms with van der Waals surface area (Å²) in [6.07, 6.45) is 6.10. The largest absolute Gasteiger partial charge is 0.465 e. The molecule has 0 bridgehead atoms. The Morgan fingerprint density at radius 3 is 2.74 bits per heavy atom. The fourth-order valence-electron chi connectivity index (χ4n) is 2.92. The van der Waals surface area contributed by atoms with Crippen LogP contribution in [0.1, 0.15) is 44.1 Å². The van der Waals surface area contributed by atoms with Crippen LogP contribution in [0.25, 0.3) is 0 Å². The average molecular weight is 264 g/mol. The van der Waals surface area contributed by atoms with Gasteiger partial charge in [0.15, 0.2) is 0 Å². The highest BCUT2D eigenvalue weighted by molar-refractivity contribution is 5.07. The van der Waals surface area contributed by atoms with E-state index in [1.54, 1.807) is 0 Å². The molecular weight excluding hydrogens is 236 g/mol. The van der Waals surface area contributed by atoms with Crippen LogP contribution in [0.3, 0.4) is 0 Å². The van der Waals surface area contributed by atoms with E-state index in [-0.39, 0.29) is 0 Å². The van der Waals surface area contributed by atoms with Crippen molar-refractivity contribution in [2.45, 2.75) is 51.6 Å². The zero-order chi connectivity index (χ0) is 13.7. The van der Waals surface area contributed by atoms with Crippen LogP contribution in [-0.2, 0) is 13.0 Å². The molecule has 2 heterocycles. The summed E-state index contributed by atoms with van der Waals surface area (Å²) < 4.78 is 5.89. The van der Waals surface area contributed by atoms with Gasteiger partial charge in [0, 0.05) is 19.0 Å². The SMILES string of the molecule is CCCc1ccc(CN2CCC[C@H](N(C)C)CC2)o1. The van der Waals surface area contributed by atoms with Gasteiger partial charge in [-0.1, -0.05) is 6.92 Å². The zero-order valence-corrected chi connectivity index (χ0v) is 12.7. The maximum atomic E-state index is 5.89. The first-order valence-electron chi connectivity index (χ1n) is 7.65. The van der Waals surface area contributed by atoms with Crippen LogP contribution in [0.15, 0.2) is 16.5 Å². The normalized spacial score (nSPS) is 21.8. The summed E-state index contributed by atoms with van der Waals surface area (Å²) in [6, 6.07) is 5.04. The zero-order valence-electron chi connectivity index (χ0n) is 12.7. The molecule has 108 valence electrons. The molecule has 1 aliphatic heterocycles. The second-order valence-corrected chi connectivity index (χ2v) is 5.94. The monoisotopic (exact) mass is 264 g/mol. The van der Waals surface area contributed by atoms with E-state index in [1.807, 2.05) is 0 Å². The van der Waals surface area contributed by atoms with Gasteiger partial charge in [-0.05, 0) is 58.5 Å². The highest BCUT2D eigenvalue weighted by Gasteiger charge is 2.19. The molecule has 3 nitrogen and oxygen atoms in total. The fourth-order valence-corrected chi connectivity index (χ4v) is 2.92. The first-order chi connectivity index (χ1) is 9.19. The van der Waals surface area contributed by atoms with Crippen molar-refractivity contribution < 1.29 is 4.42 Å². The molecule has 2 rings (SSSR count). The van der Waals surface area contributed by atoms with Gasteiger partial charge in [0.25, 0.3) is 0 Å². The predicted molar refractivity (Wildman–Crippen MR) is 79.3 cm³/mol. The van der Waals surface area contributed by atoms with Crippen LogP contribution in [0.2, 0.25) is 0 Å². The highest BCUT2D eigenvalue weighted by Crippen LogP contribution is 2.18. The van der Waals surface area contributed by atoms with Gasteiger partial charge in [0.1, 0.15) is 11.5 Å². The summed E-state index contributed by atoms with van der Waals surface area (Å²) in [6.45, 7) is 5.56. The molecule has 1 fully saturated rings. The third kappa shape index (κ3) is 4.36. The topological polar surface area (TPSA) is 19.6 Å². The lowest BCUT2D eigenvalue weighted by Crippen LogP contribution is -2.29. The fraction of sp³-hybridized carbons (Fsp3) is 0.750. The lowest BCUT2D eigenvalue weighted by atomic mass is 10.1. The van der Waals surface area contributed by atoms with E-state index in [2.05, 4.69) is 43.0 Å². The van der Waals surface area contributed by atoms with Gasteiger partial charge >= 0.3 is 0 Å². The molecule has 0 spiro atoms. The van der Waals surface area contributed by atoms with Crippen LogP contribution in [0, 0.1) is 0 Å². The molecule has 3 heteroatoms. The second kappa shape index (κ2) is 7.11. The number of hydrogen-bond acceptors (Lipinski definition) is 3. The van der Waals surface area contributed by atoms with Crippen molar-refractivity contribution in [1.82, 2.24) is 9.80 Å². The van der Waals surface area contributed by atoms with Crippen LogP contribution in [-0.4, -0.2) is 43.0 Å². The summed E-state index contributed by atoms with van der Waals surface area (Å²) in [5, 5.41) is 0. The van der Waals surface area contributed by atoms with E-state index in [4.69, 9.17) is 4.42 Å². The average Bonchev–Trinajstić information content (AvgIpc) is 2.67. The number of aryl methyl sites for hydroxylation is 1. The standard InChI is InChI=1S/C16H28N2O/c1-4-6-15-8-9-16(19-15)13-18-11-5-7-14(10-12-18)17(2)3/h8-9,14H,4-7,10-13H2,1-3H3/t14-/m0/s1. The van der Waals surface area contributed by atoms with Gasteiger partial charge in [0.05, 0.1) is 6.54 Å². The molecule has 0 aromatic carbocycles. The van der Waals surface area contributed by atoms with E-state index in [0.29, 0.717) is 0 Å². The highest BCUT2D eigenvalue weighted by atomic mass is 16.3. The lowest BCUT2D eigenvalue weighted by Gasteiger charge is -2.23. The Morgan fingerprint density at radius 1 is 1.21 bits per heavy atom. The molecule has 1 atom stereocenters. The predicted octanol–water partition coefficient (Wildman–Crippen LogP) is 3.15. The molecule has 19 heavy (non-hydrogen) atoms. The van der Waals surface area contributed by atoms with Crippen LogP contribution < -0.4 is 0 Å². The molecule has 0 N–H and O–H groups in total. The maximum absolute atomic E-state index is 5.89. The number of hydrogen-bond donors (Lipinski definition) is 0. The Balaban J connectivity index is 1.85. The van der Waals surface area contributed by atoms with Crippen molar-refractivity contribution in [1.29, 1.82) is 0 Å². The summed E-state index contributed by atoms with van der Waals surface area (Å²) in [5.74, 6) is 2.27. The Bertz CT molecular complexity index is 373. The van der Waals surface area contributed by atoms with E-state index in [0.717, 1.165) is 36.9 Å². The molecule has 0 radical (unpaired) electrons. The minimum absolute atomic E-state index is 0.747. The number of rotatable bonds is 5. The minimum Gasteiger partial charge on any atom is -0.465 e. The lowest BCUT2D eigenvalue weighted by molar-refractivity contribution is 0.232. The van der Waals surface area contributed by atoms with Crippen LogP contribution >= 0.6 is 0 Å². The molecular formula is C16H28N2O. The summed E-state index contributed by atoms with van der Waals surface area (Å²) in [7, 11) is 4.40. The van der Waals surface area contributed by atoms with Crippen LogP contribution in [0.4, 0.5) is 0 Å². The molecule has 1 saturated heterocycles. The number of likely N-dealkylation sites (tertiary alicyclic amines) is 1. The Labute approximate surface area is 117 Å². The number of nitrogens with zero attached hydrogens (tertiary/aromatic N) is 2. The van der Waals surface area contributed by atoms with Gasteiger partial charge in [-0.15, -0.1) is 0 Å². The molecule has 1 aromatic heterocycles. The van der Waals surface area contributed by atoms with Crippen molar-refractivity contribution in [2.24, 2.45) is 0 Å². The van der Waals surface area contributed by atoms with Gasteiger partial charge in [-0.2, -0.15) is 0 Å². The molecule has 0 aliphatic carbocycles. The summed E-state index contributed by atoms with van der Waals surface area (Å²) in [4.78, 5) is 4.91.